The van der Waals surface area contributed by atoms with Crippen molar-refractivity contribution < 1.29 is 32.3 Å². The molecule has 0 aromatic heterocycles. The van der Waals surface area contributed by atoms with Crippen LogP contribution in [0.2, 0.25) is 0 Å². The van der Waals surface area contributed by atoms with Crippen LogP contribution in [0.5, 0.6) is 0 Å². The Hall–Kier alpha value is -4.06. The monoisotopic (exact) mass is 547 g/mol. The van der Waals surface area contributed by atoms with Crippen molar-refractivity contribution in [2.24, 2.45) is 0 Å². The minimum absolute atomic E-state index is 0.0136. The molecule has 9 nitrogen and oxygen atoms in total. The van der Waals surface area contributed by atoms with Gasteiger partial charge in [0.2, 0.25) is 5.91 Å². The molecule has 2 aromatic rings. The number of anilines is 2. The van der Waals surface area contributed by atoms with Crippen LogP contribution in [-0.4, -0.2) is 68.0 Å². The van der Waals surface area contributed by atoms with E-state index in [1.807, 2.05) is 19.0 Å². The van der Waals surface area contributed by atoms with Gasteiger partial charge in [0, 0.05) is 24.5 Å². The quantitative estimate of drug-likeness (QED) is 0.366. The second kappa shape index (κ2) is 12.2. The van der Waals surface area contributed by atoms with Crippen molar-refractivity contribution in [2.45, 2.75) is 26.1 Å². The first-order valence-electron chi connectivity index (χ1n) is 12.3. The normalized spacial score (nSPS) is 16.1. The van der Waals surface area contributed by atoms with Crippen molar-refractivity contribution in [3.63, 3.8) is 0 Å². The Balaban J connectivity index is 2.18. The molecule has 1 heterocycles. The summed E-state index contributed by atoms with van der Waals surface area (Å²) in [5, 5.41) is 2.73. The first-order chi connectivity index (χ1) is 18.3. The highest BCUT2D eigenvalue weighted by Gasteiger charge is 2.44. The van der Waals surface area contributed by atoms with Gasteiger partial charge in [0.15, 0.2) is 0 Å². The van der Waals surface area contributed by atoms with Gasteiger partial charge in [-0.25, -0.2) is 9.59 Å². The van der Waals surface area contributed by atoms with Crippen LogP contribution < -0.4 is 16.0 Å². The minimum Gasteiger partial charge on any atom is -0.463 e. The number of ether oxygens (including phenoxy) is 1. The first-order valence-corrected chi connectivity index (χ1v) is 12.3. The molecule has 1 unspecified atom stereocenters. The number of urea groups is 1. The lowest BCUT2D eigenvalue weighted by Gasteiger charge is -2.42. The van der Waals surface area contributed by atoms with Crippen molar-refractivity contribution in [1.29, 1.82) is 0 Å². The molecular weight excluding hydrogens is 515 g/mol. The van der Waals surface area contributed by atoms with E-state index in [0.717, 1.165) is 21.9 Å². The Labute approximate surface area is 225 Å². The number of nitrogens with two attached hydrogens (primary N) is 1. The summed E-state index contributed by atoms with van der Waals surface area (Å²) in [4.78, 5) is 44.2. The van der Waals surface area contributed by atoms with E-state index in [1.165, 1.54) is 19.1 Å². The number of carbonyl (C=O) groups excluding carboxylic acids is 3. The Morgan fingerprint density at radius 3 is 2.38 bits per heavy atom. The highest BCUT2D eigenvalue weighted by atomic mass is 19.4. The fourth-order valence-corrected chi connectivity index (χ4v) is 4.26. The van der Waals surface area contributed by atoms with Crippen molar-refractivity contribution >= 4 is 29.3 Å². The van der Waals surface area contributed by atoms with Gasteiger partial charge in [0.1, 0.15) is 6.54 Å². The van der Waals surface area contributed by atoms with E-state index >= 15 is 0 Å². The number of alkyl halides is 3. The number of carbonyl (C=O) groups is 3. The van der Waals surface area contributed by atoms with E-state index < -0.39 is 42.2 Å². The lowest BCUT2D eigenvalue weighted by atomic mass is 9.92. The van der Waals surface area contributed by atoms with Crippen molar-refractivity contribution in [2.75, 3.05) is 51.0 Å². The Kier molecular flexibility index (Phi) is 9.23. The summed E-state index contributed by atoms with van der Waals surface area (Å²) in [6, 6.07) is 8.81. The van der Waals surface area contributed by atoms with Crippen molar-refractivity contribution in [3.05, 3.63) is 70.9 Å². The predicted octanol–water partition coefficient (Wildman–Crippen LogP) is 3.79. The van der Waals surface area contributed by atoms with Gasteiger partial charge in [-0.05, 0) is 63.8 Å². The van der Waals surface area contributed by atoms with E-state index in [-0.39, 0.29) is 23.6 Å². The maximum atomic E-state index is 14.0. The van der Waals surface area contributed by atoms with E-state index in [4.69, 9.17) is 10.5 Å². The number of hydrogen-bond acceptors (Lipinski definition) is 6. The fraction of sp³-hybridized carbons (Fsp3) is 0.370. The van der Waals surface area contributed by atoms with Gasteiger partial charge in [-0.2, -0.15) is 13.2 Å². The zero-order valence-electron chi connectivity index (χ0n) is 22.2. The highest BCUT2D eigenvalue weighted by molar-refractivity contribution is 6.04. The molecule has 2 aromatic carbocycles. The molecule has 3 N–H and O–H groups in total. The number of esters is 1. The van der Waals surface area contributed by atoms with Crippen molar-refractivity contribution in [3.8, 4) is 0 Å². The van der Waals surface area contributed by atoms with Gasteiger partial charge in [-0.3, -0.25) is 9.69 Å². The van der Waals surface area contributed by atoms with Crippen LogP contribution >= 0.6 is 0 Å². The fourth-order valence-electron chi connectivity index (χ4n) is 4.26. The third kappa shape index (κ3) is 6.88. The predicted molar refractivity (Wildman–Crippen MR) is 141 cm³/mol. The first kappa shape index (κ1) is 29.5. The minimum atomic E-state index is -4.66. The van der Waals surface area contributed by atoms with Crippen LogP contribution in [0, 0.1) is 0 Å². The van der Waals surface area contributed by atoms with Crippen LogP contribution in [0.25, 0.3) is 0 Å². The molecule has 0 saturated carbocycles. The third-order valence-corrected chi connectivity index (χ3v) is 6.12. The zero-order valence-corrected chi connectivity index (χ0v) is 22.2. The lowest BCUT2D eigenvalue weighted by molar-refractivity contribution is -0.140. The largest absolute Gasteiger partial charge is 0.463 e. The molecule has 39 heavy (non-hydrogen) atoms. The Morgan fingerprint density at radius 1 is 1.13 bits per heavy atom. The maximum Gasteiger partial charge on any atom is 0.416 e. The van der Waals surface area contributed by atoms with Gasteiger partial charge in [-0.1, -0.05) is 18.2 Å². The van der Waals surface area contributed by atoms with Crippen LogP contribution in [-0.2, 0) is 20.5 Å². The lowest BCUT2D eigenvalue weighted by Crippen LogP contribution is -2.54. The smallest absolute Gasteiger partial charge is 0.416 e. The summed E-state index contributed by atoms with van der Waals surface area (Å²) < 4.78 is 45.8. The topological polar surface area (TPSA) is 108 Å². The standard InChI is InChI=1S/C27H32F3N5O4/c1-5-39-25(37)23-17(2)35(21-8-6-7-19(15-21)27(28,29)30)26(38)34(16-22(36)32-13-14-33(3)4)24(23)18-9-11-20(31)12-10-18/h6-12,15,24H,5,13-14,16,31H2,1-4H3,(H,32,36). The number of rotatable bonds is 9. The van der Waals surface area contributed by atoms with Gasteiger partial charge in [0.25, 0.3) is 0 Å². The second-order valence-electron chi connectivity index (χ2n) is 9.24. The van der Waals surface area contributed by atoms with Crippen LogP contribution in [0.3, 0.4) is 0 Å². The number of amides is 3. The van der Waals surface area contributed by atoms with Crippen LogP contribution in [0.4, 0.5) is 29.3 Å². The molecule has 0 bridgehead atoms. The number of nitrogens with zero attached hydrogens (tertiary/aromatic N) is 3. The van der Waals surface area contributed by atoms with Crippen LogP contribution in [0.15, 0.2) is 59.8 Å². The molecule has 0 spiro atoms. The molecule has 0 radical (unpaired) electrons. The van der Waals surface area contributed by atoms with Crippen molar-refractivity contribution in [1.82, 2.24) is 15.1 Å². The summed E-state index contributed by atoms with van der Waals surface area (Å²) in [6.07, 6.45) is -4.66. The van der Waals surface area contributed by atoms with Gasteiger partial charge >= 0.3 is 18.2 Å². The van der Waals surface area contributed by atoms with Gasteiger partial charge in [0.05, 0.1) is 29.5 Å². The number of hydrogen-bond donors (Lipinski definition) is 2. The number of allylic oxidation sites excluding steroid dienone is 1. The Bertz CT molecular complexity index is 1240. The van der Waals surface area contributed by atoms with E-state index in [9.17, 15) is 27.6 Å². The molecule has 1 aliphatic rings. The van der Waals surface area contributed by atoms with Gasteiger partial charge in [-0.15, -0.1) is 0 Å². The molecule has 0 aliphatic carbocycles. The zero-order chi connectivity index (χ0) is 28.9. The molecule has 0 saturated heterocycles. The number of halogens is 3. The number of likely N-dealkylation sites (N-methyl/N-ethyl adjacent to an activating group) is 1. The molecule has 1 atom stereocenters. The third-order valence-electron chi connectivity index (χ3n) is 6.12. The molecule has 12 heteroatoms. The van der Waals surface area contributed by atoms with E-state index in [0.29, 0.717) is 24.3 Å². The molecule has 3 rings (SSSR count). The summed E-state index contributed by atoms with van der Waals surface area (Å²) in [6.45, 7) is 3.48. The Morgan fingerprint density at radius 2 is 1.79 bits per heavy atom. The summed E-state index contributed by atoms with van der Waals surface area (Å²) in [7, 11) is 3.67. The average Bonchev–Trinajstić information content (AvgIpc) is 2.85. The van der Waals surface area contributed by atoms with E-state index in [1.54, 1.807) is 31.2 Å². The molecule has 210 valence electrons. The number of benzene rings is 2. The molecular formula is C27H32F3N5O4. The summed E-state index contributed by atoms with van der Waals surface area (Å²) in [5.74, 6) is -1.27. The molecule has 0 fully saturated rings. The summed E-state index contributed by atoms with van der Waals surface area (Å²) >= 11 is 0. The highest BCUT2D eigenvalue weighted by Crippen LogP contribution is 2.41. The van der Waals surface area contributed by atoms with E-state index in [2.05, 4.69) is 5.32 Å². The van der Waals surface area contributed by atoms with Crippen LogP contribution in [0.1, 0.15) is 31.0 Å². The maximum absolute atomic E-state index is 14.0. The molecule has 3 amide bonds. The summed E-state index contributed by atoms with van der Waals surface area (Å²) in [5.41, 5.74) is 5.79. The number of nitrogen functional groups attached to an aromatic ring is 1. The second-order valence-corrected chi connectivity index (χ2v) is 9.24. The number of nitrogens with one attached hydrogen (secondary N) is 1. The van der Waals surface area contributed by atoms with Gasteiger partial charge < -0.3 is 25.6 Å². The average molecular weight is 548 g/mol. The molecule has 1 aliphatic heterocycles. The SMILES string of the molecule is CCOC(=O)C1=C(C)N(c2cccc(C(F)(F)F)c2)C(=O)N(CC(=O)NCCN(C)C)C1c1ccc(N)cc1.